The van der Waals surface area contributed by atoms with Gasteiger partial charge >= 0.3 is 6.18 Å². The van der Waals surface area contributed by atoms with Crippen molar-refractivity contribution in [2.75, 3.05) is 0 Å². The average Bonchev–Trinajstić information content (AvgIpc) is 2.60. The molecule has 2 aliphatic carbocycles. The van der Waals surface area contributed by atoms with Gasteiger partial charge in [0.1, 0.15) is 0 Å². The smallest absolute Gasteiger partial charge is 0.171 e. The molecule has 0 nitrogen and oxygen atoms in total. The number of alkyl halides is 3. The summed E-state index contributed by atoms with van der Waals surface area (Å²) in [6.45, 7) is 4.31. The van der Waals surface area contributed by atoms with E-state index in [1.165, 1.54) is 44.9 Å². The molecule has 0 aromatic carbocycles. The van der Waals surface area contributed by atoms with Crippen molar-refractivity contribution in [3.05, 3.63) is 0 Å². The third kappa shape index (κ3) is 5.63. The van der Waals surface area contributed by atoms with Crippen LogP contribution in [-0.2, 0) is 0 Å². The molecular formula is C22H39F3. The molecule has 2 fully saturated rings. The van der Waals surface area contributed by atoms with Crippen molar-refractivity contribution in [3.8, 4) is 0 Å². The molecule has 3 heteroatoms. The molecule has 0 saturated heterocycles. The van der Waals surface area contributed by atoms with Gasteiger partial charge in [0.2, 0.25) is 0 Å². The SMILES string of the molecule is CCCCCC1(C(F)(F)F)CCC(C2CCC(CCCC)CC2)CC1. The minimum absolute atomic E-state index is 0.362. The normalized spacial score (nSPS) is 34.2. The van der Waals surface area contributed by atoms with Gasteiger partial charge < -0.3 is 0 Å². The molecule has 0 N–H and O–H groups in total. The second kappa shape index (κ2) is 9.65. The van der Waals surface area contributed by atoms with E-state index >= 15 is 0 Å². The summed E-state index contributed by atoms with van der Waals surface area (Å²) in [7, 11) is 0. The third-order valence-electron chi connectivity index (χ3n) is 7.37. The van der Waals surface area contributed by atoms with Crippen molar-refractivity contribution in [2.45, 2.75) is 116 Å². The Labute approximate surface area is 153 Å². The molecule has 0 atom stereocenters. The van der Waals surface area contributed by atoms with Crippen LogP contribution in [0.5, 0.6) is 0 Å². The van der Waals surface area contributed by atoms with Crippen LogP contribution in [-0.4, -0.2) is 6.18 Å². The van der Waals surface area contributed by atoms with E-state index in [2.05, 4.69) is 13.8 Å². The van der Waals surface area contributed by atoms with Crippen LogP contribution < -0.4 is 0 Å². The summed E-state index contributed by atoms with van der Waals surface area (Å²) in [5, 5.41) is 0. The van der Waals surface area contributed by atoms with Gasteiger partial charge in [-0.25, -0.2) is 0 Å². The van der Waals surface area contributed by atoms with Gasteiger partial charge in [0, 0.05) is 0 Å². The van der Waals surface area contributed by atoms with E-state index in [1.54, 1.807) is 0 Å². The quantitative estimate of drug-likeness (QED) is 0.382. The van der Waals surface area contributed by atoms with Crippen molar-refractivity contribution in [2.24, 2.45) is 23.2 Å². The minimum Gasteiger partial charge on any atom is -0.171 e. The molecule has 2 aliphatic rings. The van der Waals surface area contributed by atoms with Crippen LogP contribution in [0.15, 0.2) is 0 Å². The molecule has 0 heterocycles. The zero-order valence-electron chi connectivity index (χ0n) is 16.5. The molecule has 0 aromatic heterocycles. The number of rotatable bonds is 8. The zero-order valence-corrected chi connectivity index (χ0v) is 16.5. The lowest BCUT2D eigenvalue weighted by Gasteiger charge is -2.44. The standard InChI is InChI=1S/C22H39F3/c1-3-5-7-15-21(22(23,24)25)16-13-20(14-17-21)19-11-9-18(10-12-19)8-6-4-2/h18-20H,3-17H2,1-2H3. The molecule has 0 radical (unpaired) electrons. The monoisotopic (exact) mass is 360 g/mol. The van der Waals surface area contributed by atoms with E-state index in [1.807, 2.05) is 0 Å². The van der Waals surface area contributed by atoms with Crippen LogP contribution in [0.3, 0.4) is 0 Å². The van der Waals surface area contributed by atoms with Crippen LogP contribution in [0.2, 0.25) is 0 Å². The van der Waals surface area contributed by atoms with Gasteiger partial charge in [-0.05, 0) is 62.7 Å². The topological polar surface area (TPSA) is 0 Å². The molecule has 25 heavy (non-hydrogen) atoms. The molecule has 0 bridgehead atoms. The van der Waals surface area contributed by atoms with Gasteiger partial charge in [0.25, 0.3) is 0 Å². The van der Waals surface area contributed by atoms with Gasteiger partial charge in [0.05, 0.1) is 5.41 Å². The van der Waals surface area contributed by atoms with Gasteiger partial charge in [-0.15, -0.1) is 0 Å². The van der Waals surface area contributed by atoms with Gasteiger partial charge in [0.15, 0.2) is 0 Å². The molecular weight excluding hydrogens is 321 g/mol. The highest BCUT2D eigenvalue weighted by Gasteiger charge is 2.55. The second-order valence-corrected chi connectivity index (χ2v) is 9.00. The van der Waals surface area contributed by atoms with E-state index in [0.717, 1.165) is 38.0 Å². The Bertz CT molecular complexity index is 358. The fourth-order valence-electron chi connectivity index (χ4n) is 5.49. The summed E-state index contributed by atoms with van der Waals surface area (Å²) in [6, 6.07) is 0. The molecule has 0 aromatic rings. The Morgan fingerprint density at radius 2 is 1.32 bits per heavy atom. The molecule has 0 aliphatic heterocycles. The third-order valence-corrected chi connectivity index (χ3v) is 7.37. The fraction of sp³-hybridized carbons (Fsp3) is 1.00. The van der Waals surface area contributed by atoms with E-state index in [4.69, 9.17) is 0 Å². The number of unbranched alkanes of at least 4 members (excludes halogenated alkanes) is 3. The Hall–Kier alpha value is -0.210. The number of hydrogen-bond donors (Lipinski definition) is 0. The number of halogens is 3. The van der Waals surface area contributed by atoms with E-state index in [0.29, 0.717) is 31.1 Å². The average molecular weight is 361 g/mol. The fourth-order valence-corrected chi connectivity index (χ4v) is 5.49. The van der Waals surface area contributed by atoms with Crippen LogP contribution >= 0.6 is 0 Å². The maximum absolute atomic E-state index is 13.8. The Morgan fingerprint density at radius 1 is 0.760 bits per heavy atom. The zero-order chi connectivity index (χ0) is 18.3. The summed E-state index contributed by atoms with van der Waals surface area (Å²) < 4.78 is 41.3. The Kier molecular flexibility index (Phi) is 8.14. The predicted octanol–water partition coefficient (Wildman–Crippen LogP) is 8.30. The highest BCUT2D eigenvalue weighted by Crippen LogP contribution is 2.55. The summed E-state index contributed by atoms with van der Waals surface area (Å²) in [5.74, 6) is 2.16. The second-order valence-electron chi connectivity index (χ2n) is 9.00. The first kappa shape index (κ1) is 21.1. The van der Waals surface area contributed by atoms with Gasteiger partial charge in [-0.3, -0.25) is 0 Å². The minimum atomic E-state index is -4.01. The molecule has 0 amide bonds. The predicted molar refractivity (Wildman–Crippen MR) is 99.6 cm³/mol. The van der Waals surface area contributed by atoms with Crippen molar-refractivity contribution in [3.63, 3.8) is 0 Å². The van der Waals surface area contributed by atoms with Crippen LogP contribution in [0.1, 0.15) is 110 Å². The van der Waals surface area contributed by atoms with Crippen LogP contribution in [0, 0.1) is 23.2 Å². The molecule has 2 saturated carbocycles. The molecule has 0 unspecified atom stereocenters. The lowest BCUT2D eigenvalue weighted by atomic mass is 9.62. The summed E-state index contributed by atoms with van der Waals surface area (Å²) in [4.78, 5) is 0. The van der Waals surface area contributed by atoms with Gasteiger partial charge in [-0.2, -0.15) is 13.2 Å². The molecule has 148 valence electrons. The van der Waals surface area contributed by atoms with E-state index < -0.39 is 11.6 Å². The van der Waals surface area contributed by atoms with Crippen molar-refractivity contribution < 1.29 is 13.2 Å². The first-order valence-corrected chi connectivity index (χ1v) is 11.0. The molecule has 2 rings (SSSR count). The molecule has 0 spiro atoms. The summed E-state index contributed by atoms with van der Waals surface area (Å²) in [6.07, 6.45) is 10.6. The van der Waals surface area contributed by atoms with Crippen LogP contribution in [0.25, 0.3) is 0 Å². The lowest BCUT2D eigenvalue weighted by molar-refractivity contribution is -0.241. The van der Waals surface area contributed by atoms with Crippen molar-refractivity contribution in [1.29, 1.82) is 0 Å². The Morgan fingerprint density at radius 3 is 1.84 bits per heavy atom. The van der Waals surface area contributed by atoms with E-state index in [9.17, 15) is 13.2 Å². The maximum atomic E-state index is 13.8. The lowest BCUT2D eigenvalue weighted by Crippen LogP contribution is -2.42. The van der Waals surface area contributed by atoms with Crippen molar-refractivity contribution >= 4 is 0 Å². The highest BCUT2D eigenvalue weighted by molar-refractivity contribution is 4.93. The first-order chi connectivity index (χ1) is 11.9. The van der Waals surface area contributed by atoms with Gasteiger partial charge in [-0.1, -0.05) is 65.2 Å². The van der Waals surface area contributed by atoms with Crippen LogP contribution in [0.4, 0.5) is 13.2 Å². The van der Waals surface area contributed by atoms with E-state index in [-0.39, 0.29) is 0 Å². The highest BCUT2D eigenvalue weighted by atomic mass is 19.4. The first-order valence-electron chi connectivity index (χ1n) is 11.0. The maximum Gasteiger partial charge on any atom is 0.394 e. The summed E-state index contributed by atoms with van der Waals surface area (Å²) in [5.41, 5.74) is -1.36. The Balaban J connectivity index is 1.83. The van der Waals surface area contributed by atoms with Crippen molar-refractivity contribution in [1.82, 2.24) is 0 Å². The summed E-state index contributed by atoms with van der Waals surface area (Å²) >= 11 is 0. The largest absolute Gasteiger partial charge is 0.394 e. The number of hydrogen-bond acceptors (Lipinski definition) is 0.